The van der Waals surface area contributed by atoms with Gasteiger partial charge in [-0.25, -0.2) is 4.68 Å². The fraction of sp³-hybridized carbons (Fsp3) is 0.562. The van der Waals surface area contributed by atoms with Crippen molar-refractivity contribution >= 4 is 5.69 Å². The molecule has 1 aliphatic heterocycles. The van der Waals surface area contributed by atoms with E-state index in [1.807, 2.05) is 36.7 Å². The third kappa shape index (κ3) is 2.76. The van der Waals surface area contributed by atoms with Crippen LogP contribution in [0.25, 0.3) is 0 Å². The molecule has 7 nitrogen and oxygen atoms in total. The van der Waals surface area contributed by atoms with Gasteiger partial charge in [0.15, 0.2) is 5.82 Å². The molecule has 1 aliphatic carbocycles. The second-order valence-corrected chi connectivity index (χ2v) is 6.93. The Morgan fingerprint density at radius 1 is 1.39 bits per heavy atom. The first-order valence-electron chi connectivity index (χ1n) is 8.04. The van der Waals surface area contributed by atoms with Crippen molar-refractivity contribution in [2.24, 2.45) is 0 Å². The smallest absolute Gasteiger partial charge is 0.170 e. The van der Waals surface area contributed by atoms with Crippen LogP contribution >= 0.6 is 0 Å². The molecule has 0 amide bonds. The maximum atomic E-state index is 10.4. The number of tetrazole rings is 1. The van der Waals surface area contributed by atoms with Crippen LogP contribution < -0.4 is 10.1 Å². The molecular formula is C16H21N5O2. The normalized spacial score (nSPS) is 22.3. The molecule has 0 radical (unpaired) electrons. The summed E-state index contributed by atoms with van der Waals surface area (Å²) in [5, 5.41) is 25.6. The van der Waals surface area contributed by atoms with Gasteiger partial charge in [0.2, 0.25) is 0 Å². The number of fused-ring (bicyclic) bond motifs is 1. The molecule has 1 fully saturated rings. The zero-order valence-electron chi connectivity index (χ0n) is 13.4. The third-order valence-electron chi connectivity index (χ3n) is 4.36. The van der Waals surface area contributed by atoms with Crippen LogP contribution in [-0.2, 0) is 6.54 Å². The third-order valence-corrected chi connectivity index (χ3v) is 4.36. The number of aliphatic hydroxyl groups is 1. The first-order chi connectivity index (χ1) is 11.0. The number of ether oxygens (including phenoxy) is 1. The highest BCUT2D eigenvalue weighted by atomic mass is 16.5. The van der Waals surface area contributed by atoms with Gasteiger partial charge in [-0.3, -0.25) is 0 Å². The number of hydrogen-bond acceptors (Lipinski definition) is 6. The van der Waals surface area contributed by atoms with Gasteiger partial charge >= 0.3 is 0 Å². The average Bonchev–Trinajstić information content (AvgIpc) is 3.23. The van der Waals surface area contributed by atoms with E-state index in [4.69, 9.17) is 4.74 Å². The molecule has 7 heteroatoms. The van der Waals surface area contributed by atoms with Gasteiger partial charge in [-0.05, 0) is 43.2 Å². The first-order valence-corrected chi connectivity index (χ1v) is 8.04. The van der Waals surface area contributed by atoms with Crippen LogP contribution in [0.2, 0.25) is 0 Å². The lowest BCUT2D eigenvalue weighted by atomic mass is 9.91. The summed E-state index contributed by atoms with van der Waals surface area (Å²) in [6.45, 7) is 4.51. The summed E-state index contributed by atoms with van der Waals surface area (Å²) in [5.41, 5.74) is 1.30. The second-order valence-electron chi connectivity index (χ2n) is 6.93. The van der Waals surface area contributed by atoms with Gasteiger partial charge in [-0.2, -0.15) is 0 Å². The van der Waals surface area contributed by atoms with E-state index in [0.717, 1.165) is 35.7 Å². The Morgan fingerprint density at radius 2 is 2.22 bits per heavy atom. The average molecular weight is 315 g/mol. The minimum absolute atomic E-state index is 0.389. The molecule has 1 atom stereocenters. The summed E-state index contributed by atoms with van der Waals surface area (Å²) in [6.07, 6.45) is 2.36. The van der Waals surface area contributed by atoms with Crippen LogP contribution in [0.15, 0.2) is 18.2 Å². The van der Waals surface area contributed by atoms with E-state index in [1.165, 1.54) is 0 Å². The first kappa shape index (κ1) is 14.4. The lowest BCUT2D eigenvalue weighted by molar-refractivity contribution is 0.0122. The zero-order chi connectivity index (χ0) is 16.0. The van der Waals surface area contributed by atoms with Crippen molar-refractivity contribution < 1.29 is 9.84 Å². The fourth-order valence-corrected chi connectivity index (χ4v) is 3.07. The number of para-hydroxylation sites is 1. The number of nitrogens with one attached hydrogen (secondary N) is 1. The molecular weight excluding hydrogens is 294 g/mol. The largest absolute Gasteiger partial charge is 0.485 e. The minimum atomic E-state index is -0.507. The number of aromatic nitrogens is 4. The van der Waals surface area contributed by atoms with Crippen molar-refractivity contribution in [3.05, 3.63) is 29.6 Å². The molecule has 0 bridgehead atoms. The molecule has 4 rings (SSSR count). The molecule has 2 aromatic rings. The standard InChI is InChI=1S/C16H21N5O2/c1-16(2)8-13(22)11-4-3-5-12(15(11)23-16)17-9-14-18-19-20-21(14)10-6-7-10/h3-5,10,13,17,22H,6-9H2,1-2H3. The van der Waals surface area contributed by atoms with Crippen molar-refractivity contribution in [2.45, 2.75) is 57.4 Å². The van der Waals surface area contributed by atoms with E-state index in [9.17, 15) is 5.11 Å². The van der Waals surface area contributed by atoms with E-state index in [0.29, 0.717) is 19.0 Å². The monoisotopic (exact) mass is 315 g/mol. The Kier molecular flexibility index (Phi) is 3.26. The van der Waals surface area contributed by atoms with Crippen molar-refractivity contribution in [3.63, 3.8) is 0 Å². The van der Waals surface area contributed by atoms with E-state index in [1.54, 1.807) is 0 Å². The summed E-state index contributed by atoms with van der Waals surface area (Å²) >= 11 is 0. The van der Waals surface area contributed by atoms with E-state index in [-0.39, 0.29) is 5.60 Å². The van der Waals surface area contributed by atoms with Crippen molar-refractivity contribution in [2.75, 3.05) is 5.32 Å². The Balaban J connectivity index is 1.58. The van der Waals surface area contributed by atoms with Crippen molar-refractivity contribution in [1.29, 1.82) is 0 Å². The second kappa shape index (κ2) is 5.19. The molecule has 2 N–H and O–H groups in total. The quantitative estimate of drug-likeness (QED) is 0.900. The number of hydrogen-bond donors (Lipinski definition) is 2. The maximum Gasteiger partial charge on any atom is 0.170 e. The Bertz CT molecular complexity index is 723. The number of rotatable bonds is 4. The molecule has 1 unspecified atom stereocenters. The number of nitrogens with zero attached hydrogens (tertiary/aromatic N) is 4. The van der Waals surface area contributed by atoms with Crippen molar-refractivity contribution in [3.8, 4) is 5.75 Å². The van der Waals surface area contributed by atoms with Gasteiger partial charge in [0, 0.05) is 12.0 Å². The topological polar surface area (TPSA) is 85.1 Å². The molecule has 0 saturated heterocycles. The SMILES string of the molecule is CC1(C)CC(O)c2cccc(NCc3nnnn3C3CC3)c2O1. The highest BCUT2D eigenvalue weighted by Gasteiger charge is 2.34. The van der Waals surface area contributed by atoms with Gasteiger partial charge in [0.1, 0.15) is 11.4 Å². The fourth-order valence-electron chi connectivity index (χ4n) is 3.07. The highest BCUT2D eigenvalue weighted by molar-refractivity contribution is 5.61. The summed E-state index contributed by atoms with van der Waals surface area (Å²) in [5.74, 6) is 1.54. The maximum absolute atomic E-state index is 10.4. The van der Waals surface area contributed by atoms with Crippen LogP contribution in [0.4, 0.5) is 5.69 Å². The van der Waals surface area contributed by atoms with Crippen LogP contribution in [0.1, 0.15) is 56.6 Å². The molecule has 23 heavy (non-hydrogen) atoms. The summed E-state index contributed by atoms with van der Waals surface area (Å²) < 4.78 is 7.99. The Labute approximate surface area is 134 Å². The molecule has 0 spiro atoms. The van der Waals surface area contributed by atoms with Gasteiger partial charge < -0.3 is 15.2 Å². The van der Waals surface area contributed by atoms with Crippen molar-refractivity contribution in [1.82, 2.24) is 20.2 Å². The lowest BCUT2D eigenvalue weighted by Crippen LogP contribution is -2.35. The van der Waals surface area contributed by atoms with E-state index >= 15 is 0 Å². The summed E-state index contributed by atoms with van der Waals surface area (Å²) in [4.78, 5) is 0. The lowest BCUT2D eigenvalue weighted by Gasteiger charge is -2.36. The van der Waals surface area contributed by atoms with Crippen LogP contribution in [0.5, 0.6) is 5.75 Å². The van der Waals surface area contributed by atoms with Crippen LogP contribution in [-0.4, -0.2) is 30.9 Å². The highest BCUT2D eigenvalue weighted by Crippen LogP contribution is 2.43. The van der Waals surface area contributed by atoms with E-state index < -0.39 is 6.10 Å². The predicted octanol–water partition coefficient (Wildman–Crippen LogP) is 2.21. The summed E-state index contributed by atoms with van der Waals surface area (Å²) in [7, 11) is 0. The van der Waals surface area contributed by atoms with Gasteiger partial charge in [0.25, 0.3) is 0 Å². The number of anilines is 1. The minimum Gasteiger partial charge on any atom is -0.485 e. The van der Waals surface area contributed by atoms with Gasteiger partial charge in [0.05, 0.1) is 24.4 Å². The zero-order valence-corrected chi connectivity index (χ0v) is 13.4. The molecule has 2 aliphatic rings. The summed E-state index contributed by atoms with van der Waals surface area (Å²) in [6, 6.07) is 6.24. The predicted molar refractivity (Wildman–Crippen MR) is 84.1 cm³/mol. The Hall–Kier alpha value is -2.15. The van der Waals surface area contributed by atoms with Crippen LogP contribution in [0, 0.1) is 0 Å². The van der Waals surface area contributed by atoms with Gasteiger partial charge in [-0.1, -0.05) is 12.1 Å². The molecule has 122 valence electrons. The molecule has 1 aromatic carbocycles. The van der Waals surface area contributed by atoms with E-state index in [2.05, 4.69) is 20.8 Å². The number of aliphatic hydroxyl groups excluding tert-OH is 1. The van der Waals surface area contributed by atoms with Crippen LogP contribution in [0.3, 0.4) is 0 Å². The molecule has 1 saturated carbocycles. The van der Waals surface area contributed by atoms with Gasteiger partial charge in [-0.15, -0.1) is 5.10 Å². The molecule has 2 heterocycles. The molecule has 1 aromatic heterocycles. The number of benzene rings is 1. The Morgan fingerprint density at radius 3 is 3.00 bits per heavy atom.